The average Bonchev–Trinajstić information content (AvgIpc) is 2.07. The molecule has 0 fully saturated rings. The summed E-state index contributed by atoms with van der Waals surface area (Å²) in [5.41, 5.74) is 3.52. The predicted octanol–water partition coefficient (Wildman–Crippen LogP) is 2.01. The second-order valence-corrected chi connectivity index (χ2v) is 3.63. The van der Waals surface area contributed by atoms with Gasteiger partial charge in [0.05, 0.1) is 6.10 Å². The third-order valence-electron chi connectivity index (χ3n) is 2.25. The van der Waals surface area contributed by atoms with Crippen molar-refractivity contribution in [2.45, 2.75) is 39.7 Å². The maximum atomic E-state index is 9.12. The summed E-state index contributed by atoms with van der Waals surface area (Å²) in [4.78, 5) is 4.27. The van der Waals surface area contributed by atoms with E-state index in [1.54, 1.807) is 0 Å². The maximum absolute atomic E-state index is 9.12. The Kier molecular flexibility index (Phi) is 3.43. The van der Waals surface area contributed by atoms with Gasteiger partial charge in [0.25, 0.3) is 0 Å². The van der Waals surface area contributed by atoms with Gasteiger partial charge in [-0.3, -0.25) is 4.98 Å². The van der Waals surface area contributed by atoms with Crippen molar-refractivity contribution in [2.75, 3.05) is 0 Å². The van der Waals surface area contributed by atoms with Gasteiger partial charge in [0.1, 0.15) is 0 Å². The molecule has 1 unspecified atom stereocenters. The van der Waals surface area contributed by atoms with Crippen molar-refractivity contribution in [3.05, 3.63) is 29.1 Å². The van der Waals surface area contributed by atoms with Crippen LogP contribution in [0, 0.1) is 13.8 Å². The molecule has 1 N–H and O–H groups in total. The fourth-order valence-corrected chi connectivity index (χ4v) is 1.21. The standard InChI is InChI=1S/C11H17NO/c1-8-6-11(5-4-9(2)13)7-12-10(8)3/h6-7,9,13H,4-5H2,1-3H3. The zero-order valence-corrected chi connectivity index (χ0v) is 8.54. The van der Waals surface area contributed by atoms with Crippen molar-refractivity contribution in [1.29, 1.82) is 0 Å². The minimum Gasteiger partial charge on any atom is -0.393 e. The molecule has 0 radical (unpaired) electrons. The van der Waals surface area contributed by atoms with E-state index in [0.29, 0.717) is 0 Å². The van der Waals surface area contributed by atoms with Crippen LogP contribution in [0.5, 0.6) is 0 Å². The van der Waals surface area contributed by atoms with E-state index < -0.39 is 0 Å². The first kappa shape index (κ1) is 10.2. The monoisotopic (exact) mass is 179 g/mol. The molecule has 1 rings (SSSR count). The van der Waals surface area contributed by atoms with E-state index in [1.807, 2.05) is 20.0 Å². The Morgan fingerprint density at radius 1 is 1.46 bits per heavy atom. The van der Waals surface area contributed by atoms with Gasteiger partial charge in [-0.25, -0.2) is 0 Å². The van der Waals surface area contributed by atoms with Crippen LogP contribution in [0.4, 0.5) is 0 Å². The summed E-state index contributed by atoms with van der Waals surface area (Å²) >= 11 is 0. The molecule has 13 heavy (non-hydrogen) atoms. The molecule has 0 bridgehead atoms. The molecular formula is C11H17NO. The van der Waals surface area contributed by atoms with Gasteiger partial charge >= 0.3 is 0 Å². The number of aliphatic hydroxyl groups is 1. The van der Waals surface area contributed by atoms with Crippen LogP contribution < -0.4 is 0 Å². The summed E-state index contributed by atoms with van der Waals surface area (Å²) in [6.07, 6.45) is 3.39. The van der Waals surface area contributed by atoms with Crippen molar-refractivity contribution >= 4 is 0 Å². The van der Waals surface area contributed by atoms with Crippen LogP contribution in [0.1, 0.15) is 30.2 Å². The van der Waals surface area contributed by atoms with Gasteiger partial charge in [-0.2, -0.15) is 0 Å². The molecule has 2 nitrogen and oxygen atoms in total. The fraction of sp³-hybridized carbons (Fsp3) is 0.545. The topological polar surface area (TPSA) is 33.1 Å². The molecule has 1 aromatic heterocycles. The first-order valence-electron chi connectivity index (χ1n) is 4.70. The molecule has 0 aliphatic heterocycles. The number of hydrogen-bond donors (Lipinski definition) is 1. The Morgan fingerprint density at radius 3 is 2.69 bits per heavy atom. The Labute approximate surface area is 79.6 Å². The molecule has 0 saturated heterocycles. The molecule has 1 aromatic rings. The normalized spacial score (nSPS) is 12.9. The highest BCUT2D eigenvalue weighted by Crippen LogP contribution is 2.09. The van der Waals surface area contributed by atoms with Gasteiger partial charge in [-0.1, -0.05) is 6.07 Å². The summed E-state index contributed by atoms with van der Waals surface area (Å²) in [7, 11) is 0. The highest BCUT2D eigenvalue weighted by Gasteiger charge is 2.00. The van der Waals surface area contributed by atoms with Crippen molar-refractivity contribution in [2.24, 2.45) is 0 Å². The van der Waals surface area contributed by atoms with E-state index in [0.717, 1.165) is 18.5 Å². The van der Waals surface area contributed by atoms with E-state index in [2.05, 4.69) is 18.0 Å². The predicted molar refractivity (Wildman–Crippen MR) is 53.7 cm³/mol. The number of aryl methyl sites for hydroxylation is 3. The van der Waals surface area contributed by atoms with Gasteiger partial charge in [0.15, 0.2) is 0 Å². The summed E-state index contributed by atoms with van der Waals surface area (Å²) in [6.45, 7) is 5.89. The molecule has 1 heterocycles. The Hall–Kier alpha value is -0.890. The zero-order chi connectivity index (χ0) is 9.84. The van der Waals surface area contributed by atoms with Crippen LogP contribution in [-0.2, 0) is 6.42 Å². The summed E-state index contributed by atoms with van der Waals surface area (Å²) in [6, 6.07) is 2.14. The molecule has 1 atom stereocenters. The average molecular weight is 179 g/mol. The highest BCUT2D eigenvalue weighted by molar-refractivity contribution is 5.23. The molecule has 0 saturated carbocycles. The van der Waals surface area contributed by atoms with Gasteiger partial charge in [0, 0.05) is 11.9 Å². The van der Waals surface area contributed by atoms with Crippen LogP contribution in [0.2, 0.25) is 0 Å². The van der Waals surface area contributed by atoms with Gasteiger partial charge in [-0.05, 0) is 44.7 Å². The number of hydrogen-bond acceptors (Lipinski definition) is 2. The maximum Gasteiger partial charge on any atom is 0.0515 e. The van der Waals surface area contributed by atoms with E-state index in [1.165, 1.54) is 11.1 Å². The van der Waals surface area contributed by atoms with Crippen molar-refractivity contribution in [3.8, 4) is 0 Å². The van der Waals surface area contributed by atoms with Crippen molar-refractivity contribution < 1.29 is 5.11 Å². The van der Waals surface area contributed by atoms with Crippen LogP contribution in [-0.4, -0.2) is 16.2 Å². The van der Waals surface area contributed by atoms with Gasteiger partial charge in [0.2, 0.25) is 0 Å². The van der Waals surface area contributed by atoms with Crippen molar-refractivity contribution in [3.63, 3.8) is 0 Å². The SMILES string of the molecule is Cc1cc(CCC(C)O)cnc1C. The quantitative estimate of drug-likeness (QED) is 0.770. The van der Waals surface area contributed by atoms with E-state index in [-0.39, 0.29) is 6.10 Å². The number of pyridine rings is 1. The minimum absolute atomic E-state index is 0.221. The Bertz CT molecular complexity index is 281. The third-order valence-corrected chi connectivity index (χ3v) is 2.25. The molecular weight excluding hydrogens is 162 g/mol. The van der Waals surface area contributed by atoms with E-state index >= 15 is 0 Å². The molecule has 0 amide bonds. The van der Waals surface area contributed by atoms with Crippen LogP contribution in [0.25, 0.3) is 0 Å². The number of aliphatic hydroxyl groups excluding tert-OH is 1. The van der Waals surface area contributed by atoms with Gasteiger partial charge in [-0.15, -0.1) is 0 Å². The van der Waals surface area contributed by atoms with E-state index in [9.17, 15) is 0 Å². The first-order valence-corrected chi connectivity index (χ1v) is 4.70. The lowest BCUT2D eigenvalue weighted by atomic mass is 10.1. The third kappa shape index (κ3) is 3.15. The number of rotatable bonds is 3. The highest BCUT2D eigenvalue weighted by atomic mass is 16.3. The number of nitrogens with zero attached hydrogens (tertiary/aromatic N) is 1. The second kappa shape index (κ2) is 4.38. The minimum atomic E-state index is -0.221. The zero-order valence-electron chi connectivity index (χ0n) is 8.54. The van der Waals surface area contributed by atoms with Crippen molar-refractivity contribution in [1.82, 2.24) is 4.98 Å². The van der Waals surface area contributed by atoms with Crippen LogP contribution in [0.15, 0.2) is 12.3 Å². The largest absolute Gasteiger partial charge is 0.393 e. The first-order chi connectivity index (χ1) is 6.09. The molecule has 0 aliphatic rings. The molecule has 0 aromatic carbocycles. The lowest BCUT2D eigenvalue weighted by Gasteiger charge is -2.05. The summed E-state index contributed by atoms with van der Waals surface area (Å²) < 4.78 is 0. The molecule has 72 valence electrons. The van der Waals surface area contributed by atoms with E-state index in [4.69, 9.17) is 5.11 Å². The summed E-state index contributed by atoms with van der Waals surface area (Å²) in [5.74, 6) is 0. The van der Waals surface area contributed by atoms with Gasteiger partial charge < -0.3 is 5.11 Å². The lowest BCUT2D eigenvalue weighted by molar-refractivity contribution is 0.185. The molecule has 2 heteroatoms. The number of aromatic nitrogens is 1. The van der Waals surface area contributed by atoms with Crippen LogP contribution >= 0.6 is 0 Å². The Morgan fingerprint density at radius 2 is 2.15 bits per heavy atom. The summed E-state index contributed by atoms with van der Waals surface area (Å²) in [5, 5.41) is 9.12. The van der Waals surface area contributed by atoms with Crippen LogP contribution in [0.3, 0.4) is 0 Å². The smallest absolute Gasteiger partial charge is 0.0515 e. The Balaban J connectivity index is 2.63. The molecule has 0 aliphatic carbocycles. The molecule has 0 spiro atoms. The lowest BCUT2D eigenvalue weighted by Crippen LogP contribution is -2.02. The second-order valence-electron chi connectivity index (χ2n) is 3.63. The fourth-order valence-electron chi connectivity index (χ4n) is 1.21.